The summed E-state index contributed by atoms with van der Waals surface area (Å²) in [5.41, 5.74) is 0.890. The van der Waals surface area contributed by atoms with E-state index in [1.54, 1.807) is 12.6 Å². The molecule has 1 N–H and O–H groups in total. The third-order valence-corrected chi connectivity index (χ3v) is 5.30. The first-order valence-electron chi connectivity index (χ1n) is 4.73. The predicted octanol–water partition coefficient (Wildman–Crippen LogP) is 2.00. The Morgan fingerprint density at radius 3 is 1.95 bits per heavy atom. The third kappa shape index (κ3) is 3.85. The Balaban J connectivity index is 3.42. The van der Waals surface area contributed by atoms with E-state index >= 15 is 0 Å². The normalized spacial score (nSPS) is 10.1. The lowest BCUT2D eigenvalue weighted by molar-refractivity contribution is -0.119. The molecule has 0 atom stereocenters. The first-order chi connectivity index (χ1) is 8.97. The number of rotatable bonds is 5. The molecule has 1 aromatic carbocycles. The summed E-state index contributed by atoms with van der Waals surface area (Å²) in [5, 5.41) is 2.62. The van der Waals surface area contributed by atoms with Crippen LogP contribution in [-0.4, -0.2) is 32.2 Å². The molecule has 1 aromatic rings. The average Bonchev–Trinajstić information content (AvgIpc) is 2.36. The summed E-state index contributed by atoms with van der Waals surface area (Å²) >= 11 is 5.75. The minimum Gasteiger partial charge on any atom is -0.375 e. The van der Waals surface area contributed by atoms with Crippen molar-refractivity contribution in [3.05, 3.63) is 21.8 Å². The van der Waals surface area contributed by atoms with E-state index in [0.717, 1.165) is 0 Å². The number of hydrogen-bond donors (Lipinski definition) is 1. The van der Waals surface area contributed by atoms with E-state index in [-0.39, 0.29) is 23.6 Å². The summed E-state index contributed by atoms with van der Waals surface area (Å²) in [6.45, 7) is -0.113. The SMILES string of the molecule is COCC(=O)Nc1c(I)c([C]=O)c(I)c([C]=O)c1I. The van der Waals surface area contributed by atoms with Gasteiger partial charge in [-0.05, 0) is 67.8 Å². The number of anilines is 1. The molecule has 1 amide bonds. The molecule has 0 aliphatic heterocycles. The summed E-state index contributed by atoms with van der Waals surface area (Å²) in [6, 6.07) is 0. The van der Waals surface area contributed by atoms with Crippen LogP contribution in [0.15, 0.2) is 0 Å². The van der Waals surface area contributed by atoms with Gasteiger partial charge >= 0.3 is 0 Å². The Bertz CT molecular complexity index is 510. The molecule has 19 heavy (non-hydrogen) atoms. The fourth-order valence-corrected chi connectivity index (χ4v) is 5.14. The van der Waals surface area contributed by atoms with Gasteiger partial charge < -0.3 is 10.1 Å². The molecule has 0 saturated heterocycles. The molecule has 100 valence electrons. The van der Waals surface area contributed by atoms with E-state index in [1.807, 2.05) is 67.8 Å². The standard InChI is InChI=1S/C11H6I3NO4/c1-19-4-7(18)15-11-9(13)5(2-16)8(12)6(3-17)10(11)14/h4H2,1H3,(H,15,18). The molecule has 8 heteroatoms. The van der Waals surface area contributed by atoms with Crippen LogP contribution in [0.2, 0.25) is 0 Å². The van der Waals surface area contributed by atoms with Crippen LogP contribution in [0.5, 0.6) is 0 Å². The van der Waals surface area contributed by atoms with Gasteiger partial charge in [-0.15, -0.1) is 0 Å². The van der Waals surface area contributed by atoms with Gasteiger partial charge in [0.15, 0.2) is 0 Å². The Kier molecular flexibility index (Phi) is 7.10. The minimum absolute atomic E-state index is 0.113. The lowest BCUT2D eigenvalue weighted by Gasteiger charge is -2.14. The molecule has 1 rings (SSSR count). The molecular formula is C11H6I3NO4. The van der Waals surface area contributed by atoms with Crippen LogP contribution in [0.3, 0.4) is 0 Å². The van der Waals surface area contributed by atoms with Gasteiger partial charge in [0, 0.05) is 10.7 Å². The van der Waals surface area contributed by atoms with Crippen molar-refractivity contribution in [3.63, 3.8) is 0 Å². The third-order valence-electron chi connectivity index (χ3n) is 2.06. The van der Waals surface area contributed by atoms with Crippen molar-refractivity contribution in [2.24, 2.45) is 0 Å². The van der Waals surface area contributed by atoms with Gasteiger partial charge in [-0.3, -0.25) is 14.4 Å². The number of halogens is 3. The van der Waals surface area contributed by atoms with Gasteiger partial charge in [-0.1, -0.05) is 0 Å². The smallest absolute Gasteiger partial charge is 0.250 e. The zero-order valence-electron chi connectivity index (χ0n) is 9.47. The Morgan fingerprint density at radius 2 is 1.58 bits per heavy atom. The molecule has 0 aromatic heterocycles. The molecule has 0 fully saturated rings. The molecule has 0 unspecified atom stereocenters. The number of hydrogen-bond acceptors (Lipinski definition) is 4. The zero-order chi connectivity index (χ0) is 14.6. The highest BCUT2D eigenvalue weighted by atomic mass is 127. The summed E-state index contributed by atoms with van der Waals surface area (Å²) < 4.78 is 6.26. The largest absolute Gasteiger partial charge is 0.375 e. The molecule has 0 heterocycles. The van der Waals surface area contributed by atoms with Crippen LogP contribution in [0.25, 0.3) is 0 Å². The van der Waals surface area contributed by atoms with Crippen LogP contribution in [-0.2, 0) is 19.1 Å². The van der Waals surface area contributed by atoms with Crippen LogP contribution in [0.4, 0.5) is 5.69 Å². The summed E-state index contributed by atoms with van der Waals surface area (Å²) in [4.78, 5) is 33.5. The summed E-state index contributed by atoms with van der Waals surface area (Å²) in [7, 11) is 1.40. The molecule has 0 spiro atoms. The van der Waals surface area contributed by atoms with Crippen LogP contribution < -0.4 is 5.32 Å². The van der Waals surface area contributed by atoms with Crippen molar-refractivity contribution in [1.29, 1.82) is 0 Å². The van der Waals surface area contributed by atoms with E-state index in [0.29, 0.717) is 16.4 Å². The Hall–Kier alpha value is 0.180. The van der Waals surface area contributed by atoms with E-state index < -0.39 is 0 Å². The fraction of sp³-hybridized carbons (Fsp3) is 0.182. The van der Waals surface area contributed by atoms with Crippen LogP contribution in [0.1, 0.15) is 11.1 Å². The van der Waals surface area contributed by atoms with Crippen molar-refractivity contribution in [3.8, 4) is 0 Å². The van der Waals surface area contributed by atoms with Crippen molar-refractivity contribution >= 4 is 91.9 Å². The van der Waals surface area contributed by atoms with Crippen LogP contribution in [0, 0.1) is 10.7 Å². The molecular weight excluding hydrogens is 591 g/mol. The highest BCUT2D eigenvalue weighted by Gasteiger charge is 2.21. The zero-order valence-corrected chi connectivity index (χ0v) is 15.9. The number of ether oxygens (including phenoxy) is 1. The Morgan fingerprint density at radius 1 is 1.11 bits per heavy atom. The Labute approximate surface area is 150 Å². The maximum Gasteiger partial charge on any atom is 0.250 e. The monoisotopic (exact) mass is 597 g/mol. The minimum atomic E-state index is -0.367. The maximum atomic E-state index is 11.6. The van der Waals surface area contributed by atoms with Gasteiger partial charge in [-0.25, -0.2) is 0 Å². The second-order valence-electron chi connectivity index (χ2n) is 3.25. The highest BCUT2D eigenvalue weighted by Crippen LogP contribution is 2.33. The maximum absolute atomic E-state index is 11.6. The van der Waals surface area contributed by atoms with Crippen molar-refractivity contribution in [2.75, 3.05) is 19.0 Å². The van der Waals surface area contributed by atoms with Gasteiger partial charge in [0.2, 0.25) is 18.5 Å². The second kappa shape index (κ2) is 7.83. The predicted molar refractivity (Wildman–Crippen MR) is 94.7 cm³/mol. The number of carbonyl (C=O) groups excluding carboxylic acids is 3. The quantitative estimate of drug-likeness (QED) is 0.528. The fourth-order valence-electron chi connectivity index (χ4n) is 1.26. The van der Waals surface area contributed by atoms with Gasteiger partial charge in [-0.2, -0.15) is 0 Å². The van der Waals surface area contributed by atoms with Gasteiger partial charge in [0.05, 0.1) is 24.0 Å². The molecule has 2 radical (unpaired) electrons. The molecule has 0 saturated carbocycles. The van der Waals surface area contributed by atoms with E-state index in [2.05, 4.69) is 5.32 Å². The number of amides is 1. The van der Waals surface area contributed by atoms with Crippen molar-refractivity contribution in [2.45, 2.75) is 0 Å². The average molecular weight is 597 g/mol. The molecule has 0 aliphatic carbocycles. The van der Waals surface area contributed by atoms with E-state index in [1.165, 1.54) is 7.11 Å². The number of carbonyl (C=O) groups is 1. The topological polar surface area (TPSA) is 72.5 Å². The summed E-state index contributed by atoms with van der Waals surface area (Å²) in [5.74, 6) is -0.367. The van der Waals surface area contributed by atoms with Gasteiger partial charge in [0.1, 0.15) is 6.61 Å². The van der Waals surface area contributed by atoms with Crippen LogP contribution >= 0.6 is 67.8 Å². The lowest BCUT2D eigenvalue weighted by atomic mass is 10.1. The number of benzene rings is 1. The van der Waals surface area contributed by atoms with E-state index in [9.17, 15) is 14.4 Å². The molecule has 5 nitrogen and oxygen atoms in total. The number of nitrogens with one attached hydrogen (secondary N) is 1. The van der Waals surface area contributed by atoms with Gasteiger partial charge in [0.25, 0.3) is 0 Å². The molecule has 0 aliphatic rings. The van der Waals surface area contributed by atoms with E-state index in [4.69, 9.17) is 4.74 Å². The lowest BCUT2D eigenvalue weighted by Crippen LogP contribution is -2.20. The first-order valence-corrected chi connectivity index (χ1v) is 7.97. The highest BCUT2D eigenvalue weighted by molar-refractivity contribution is 14.1. The number of methoxy groups -OCH3 is 1. The molecule has 0 bridgehead atoms. The van der Waals surface area contributed by atoms with Crippen molar-refractivity contribution in [1.82, 2.24) is 0 Å². The summed E-state index contributed by atoms with van der Waals surface area (Å²) in [6.07, 6.45) is 3.56. The second-order valence-corrected chi connectivity index (χ2v) is 6.49. The first kappa shape index (κ1) is 17.2. The van der Waals surface area contributed by atoms with Crippen molar-refractivity contribution < 1.29 is 19.1 Å².